The van der Waals surface area contributed by atoms with Gasteiger partial charge < -0.3 is 19.1 Å². The first-order valence-corrected chi connectivity index (χ1v) is 9.94. The van der Waals surface area contributed by atoms with Gasteiger partial charge in [-0.2, -0.15) is 18.3 Å². The molecule has 1 aliphatic heterocycles. The average Bonchev–Trinajstić information content (AvgIpc) is 2.79. The molecule has 0 spiro atoms. The standard InChI is InChI=1S/C21H23F3N4O4/c1-2-31-18-11-15(12-26-27-19-6-4-16(13-25-19)21(22,23)24)3-5-17(18)32-14-20(29)28-7-9-30-10-8-28/h3-6,11-13H,2,7-10,14H2,1H3,(H,25,27)/b26-12-. The lowest BCUT2D eigenvalue weighted by atomic mass is 10.2. The smallest absolute Gasteiger partial charge is 0.417 e. The van der Waals surface area contributed by atoms with Gasteiger partial charge >= 0.3 is 6.18 Å². The van der Waals surface area contributed by atoms with Crippen LogP contribution in [0.1, 0.15) is 18.1 Å². The Hall–Kier alpha value is -3.34. The van der Waals surface area contributed by atoms with Crippen molar-refractivity contribution in [2.45, 2.75) is 13.1 Å². The number of nitrogens with zero attached hydrogens (tertiary/aromatic N) is 3. The molecule has 1 N–H and O–H groups in total. The molecule has 1 aromatic carbocycles. The highest BCUT2D eigenvalue weighted by molar-refractivity contribution is 5.81. The van der Waals surface area contributed by atoms with E-state index in [0.29, 0.717) is 50.0 Å². The first-order chi connectivity index (χ1) is 15.4. The van der Waals surface area contributed by atoms with Crippen LogP contribution < -0.4 is 14.9 Å². The van der Waals surface area contributed by atoms with E-state index >= 15 is 0 Å². The molecular formula is C21H23F3N4O4. The number of amides is 1. The number of aromatic nitrogens is 1. The van der Waals surface area contributed by atoms with Gasteiger partial charge in [-0.15, -0.1) is 0 Å². The van der Waals surface area contributed by atoms with Gasteiger partial charge in [0.15, 0.2) is 18.1 Å². The van der Waals surface area contributed by atoms with Crippen LogP contribution in [-0.2, 0) is 15.7 Å². The van der Waals surface area contributed by atoms with E-state index in [2.05, 4.69) is 15.5 Å². The molecule has 1 fully saturated rings. The Labute approximate surface area is 183 Å². The lowest BCUT2D eigenvalue weighted by molar-refractivity contribution is -0.138. The third-order valence-corrected chi connectivity index (χ3v) is 4.47. The summed E-state index contributed by atoms with van der Waals surface area (Å²) < 4.78 is 54.2. The molecule has 1 aromatic heterocycles. The van der Waals surface area contributed by atoms with Gasteiger partial charge in [0.05, 0.1) is 31.6 Å². The van der Waals surface area contributed by atoms with Crippen molar-refractivity contribution < 1.29 is 32.2 Å². The molecule has 1 saturated heterocycles. The molecule has 2 heterocycles. The number of carbonyl (C=O) groups excluding carboxylic acids is 1. The van der Waals surface area contributed by atoms with Gasteiger partial charge in [-0.25, -0.2) is 4.98 Å². The van der Waals surface area contributed by atoms with E-state index in [4.69, 9.17) is 14.2 Å². The minimum absolute atomic E-state index is 0.116. The zero-order valence-electron chi connectivity index (χ0n) is 17.4. The molecule has 1 aliphatic rings. The molecule has 0 atom stereocenters. The van der Waals surface area contributed by atoms with E-state index in [-0.39, 0.29) is 18.3 Å². The predicted octanol–water partition coefficient (Wildman–Crippen LogP) is 3.18. The number of pyridine rings is 1. The van der Waals surface area contributed by atoms with E-state index in [1.165, 1.54) is 12.3 Å². The molecular weight excluding hydrogens is 429 g/mol. The van der Waals surface area contributed by atoms with Crippen molar-refractivity contribution in [3.8, 4) is 11.5 Å². The predicted molar refractivity (Wildman–Crippen MR) is 111 cm³/mol. The quantitative estimate of drug-likeness (QED) is 0.489. The molecule has 0 radical (unpaired) electrons. The van der Waals surface area contributed by atoms with Crippen LogP contribution >= 0.6 is 0 Å². The number of ether oxygens (including phenoxy) is 3. The molecule has 11 heteroatoms. The Bertz CT molecular complexity index is 930. The monoisotopic (exact) mass is 452 g/mol. The summed E-state index contributed by atoms with van der Waals surface area (Å²) in [4.78, 5) is 17.6. The van der Waals surface area contributed by atoms with E-state index in [0.717, 1.165) is 12.3 Å². The van der Waals surface area contributed by atoms with Crippen molar-refractivity contribution in [3.63, 3.8) is 0 Å². The highest BCUT2D eigenvalue weighted by Crippen LogP contribution is 2.29. The number of rotatable bonds is 8. The Morgan fingerprint density at radius 1 is 1.22 bits per heavy atom. The van der Waals surface area contributed by atoms with Crippen LogP contribution in [0, 0.1) is 0 Å². The lowest BCUT2D eigenvalue weighted by Crippen LogP contribution is -2.43. The van der Waals surface area contributed by atoms with Gasteiger partial charge in [0.2, 0.25) is 0 Å². The van der Waals surface area contributed by atoms with Crippen LogP contribution in [0.15, 0.2) is 41.6 Å². The average molecular weight is 452 g/mol. The fraction of sp³-hybridized carbons (Fsp3) is 0.381. The second-order valence-corrected chi connectivity index (χ2v) is 6.72. The number of hydrazone groups is 1. The maximum absolute atomic E-state index is 12.6. The van der Waals surface area contributed by atoms with Gasteiger partial charge in [0.1, 0.15) is 5.82 Å². The third kappa shape index (κ3) is 6.58. The normalized spacial score (nSPS) is 14.4. The molecule has 3 rings (SSSR count). The van der Waals surface area contributed by atoms with Crippen LogP contribution in [-0.4, -0.2) is 61.5 Å². The number of anilines is 1. The minimum atomic E-state index is -4.44. The molecule has 0 unspecified atom stereocenters. The number of nitrogens with one attached hydrogen (secondary N) is 1. The maximum atomic E-state index is 12.6. The number of morpholine rings is 1. The summed E-state index contributed by atoms with van der Waals surface area (Å²) in [5, 5.41) is 3.98. The second kappa shape index (κ2) is 10.8. The summed E-state index contributed by atoms with van der Waals surface area (Å²) in [5.41, 5.74) is 2.39. The zero-order valence-corrected chi connectivity index (χ0v) is 17.4. The van der Waals surface area contributed by atoms with Gasteiger partial charge in [-0.3, -0.25) is 10.2 Å². The largest absolute Gasteiger partial charge is 0.490 e. The number of hydrogen-bond acceptors (Lipinski definition) is 7. The van der Waals surface area contributed by atoms with Crippen molar-refractivity contribution in [2.24, 2.45) is 5.10 Å². The van der Waals surface area contributed by atoms with Crippen LogP contribution in [0.3, 0.4) is 0 Å². The second-order valence-electron chi connectivity index (χ2n) is 6.72. The first-order valence-electron chi connectivity index (χ1n) is 9.94. The third-order valence-electron chi connectivity index (χ3n) is 4.47. The van der Waals surface area contributed by atoms with Crippen LogP contribution in [0.2, 0.25) is 0 Å². The van der Waals surface area contributed by atoms with E-state index in [9.17, 15) is 18.0 Å². The highest BCUT2D eigenvalue weighted by atomic mass is 19.4. The summed E-state index contributed by atoms with van der Waals surface area (Å²) >= 11 is 0. The first kappa shape index (κ1) is 23.3. The number of benzene rings is 1. The summed E-state index contributed by atoms with van der Waals surface area (Å²) in [6.07, 6.45) is -2.25. The van der Waals surface area contributed by atoms with Crippen molar-refractivity contribution >= 4 is 17.9 Å². The van der Waals surface area contributed by atoms with Crippen molar-refractivity contribution in [1.29, 1.82) is 0 Å². The van der Waals surface area contributed by atoms with Crippen molar-refractivity contribution in [1.82, 2.24) is 9.88 Å². The molecule has 0 bridgehead atoms. The number of alkyl halides is 3. The summed E-state index contributed by atoms with van der Waals surface area (Å²) in [6.45, 7) is 4.20. The molecule has 32 heavy (non-hydrogen) atoms. The van der Waals surface area contributed by atoms with Crippen molar-refractivity contribution in [3.05, 3.63) is 47.7 Å². The molecule has 0 aliphatic carbocycles. The van der Waals surface area contributed by atoms with E-state index in [1.807, 2.05) is 6.92 Å². The molecule has 8 nitrogen and oxygen atoms in total. The van der Waals surface area contributed by atoms with Crippen molar-refractivity contribution in [2.75, 3.05) is 44.9 Å². The van der Waals surface area contributed by atoms with Crippen LogP contribution in [0.5, 0.6) is 11.5 Å². The van der Waals surface area contributed by atoms with Crippen LogP contribution in [0.4, 0.5) is 19.0 Å². The Kier molecular flexibility index (Phi) is 7.87. The molecule has 1 amide bonds. The zero-order chi connectivity index (χ0) is 23.0. The summed E-state index contributed by atoms with van der Waals surface area (Å²) in [7, 11) is 0. The van der Waals surface area contributed by atoms with E-state index in [1.54, 1.807) is 23.1 Å². The molecule has 172 valence electrons. The summed E-state index contributed by atoms with van der Waals surface area (Å²) in [6, 6.07) is 7.16. The maximum Gasteiger partial charge on any atom is 0.417 e. The highest BCUT2D eigenvalue weighted by Gasteiger charge is 2.30. The minimum Gasteiger partial charge on any atom is -0.490 e. The molecule has 2 aromatic rings. The lowest BCUT2D eigenvalue weighted by Gasteiger charge is -2.26. The number of halogens is 3. The van der Waals surface area contributed by atoms with Gasteiger partial charge in [-0.05, 0) is 42.8 Å². The summed E-state index contributed by atoms with van der Waals surface area (Å²) in [5.74, 6) is 0.900. The molecule has 0 saturated carbocycles. The van der Waals surface area contributed by atoms with E-state index < -0.39 is 11.7 Å². The van der Waals surface area contributed by atoms with Gasteiger partial charge in [0.25, 0.3) is 5.91 Å². The Morgan fingerprint density at radius 3 is 2.66 bits per heavy atom. The SMILES string of the molecule is CCOc1cc(/C=N\Nc2ccc(C(F)(F)F)cn2)ccc1OCC(=O)N1CCOCC1. The fourth-order valence-corrected chi connectivity index (χ4v) is 2.84. The van der Waals surface area contributed by atoms with Gasteiger partial charge in [-0.1, -0.05) is 0 Å². The van der Waals surface area contributed by atoms with Gasteiger partial charge in [0, 0.05) is 19.3 Å². The Balaban J connectivity index is 1.60. The number of hydrogen-bond donors (Lipinski definition) is 1. The number of carbonyl (C=O) groups is 1. The van der Waals surface area contributed by atoms with Crippen LogP contribution in [0.25, 0.3) is 0 Å². The topological polar surface area (TPSA) is 85.3 Å². The Morgan fingerprint density at radius 2 is 2.00 bits per heavy atom. The fourth-order valence-electron chi connectivity index (χ4n) is 2.84.